The average Bonchev–Trinajstić information content (AvgIpc) is 2.45. The van der Waals surface area contributed by atoms with Gasteiger partial charge in [-0.1, -0.05) is 17.7 Å². The molecule has 0 saturated heterocycles. The van der Waals surface area contributed by atoms with Crippen LogP contribution >= 0.6 is 0 Å². The van der Waals surface area contributed by atoms with Gasteiger partial charge in [-0.2, -0.15) is 0 Å². The number of carbonyl (C=O) groups is 1. The Labute approximate surface area is 135 Å². The molecule has 0 aliphatic rings. The summed E-state index contributed by atoms with van der Waals surface area (Å²) in [6.45, 7) is 5.39. The fraction of sp³-hybridized carbons (Fsp3) is 0.250. The fourth-order valence-corrected chi connectivity index (χ4v) is 4.15. The Hall–Kier alpha value is -2.41. The minimum absolute atomic E-state index is 0.0677. The van der Waals surface area contributed by atoms with Crippen LogP contribution < -0.4 is 4.31 Å². The maximum absolute atomic E-state index is 12.9. The molecule has 1 heterocycles. The smallest absolute Gasteiger partial charge is 0.337 e. The van der Waals surface area contributed by atoms with Gasteiger partial charge in [-0.3, -0.25) is 9.29 Å². The first-order valence-electron chi connectivity index (χ1n) is 6.89. The van der Waals surface area contributed by atoms with Crippen LogP contribution in [0.4, 0.5) is 5.69 Å². The molecule has 1 aromatic carbocycles. The van der Waals surface area contributed by atoms with Gasteiger partial charge < -0.3 is 5.11 Å². The number of hydrogen-bond acceptors (Lipinski definition) is 4. The Balaban J connectivity index is 2.56. The molecule has 0 unspecified atom stereocenters. The number of pyridine rings is 1. The molecule has 2 rings (SSSR count). The molecule has 0 fully saturated rings. The van der Waals surface area contributed by atoms with Crippen molar-refractivity contribution in [1.29, 1.82) is 0 Å². The molecule has 0 bridgehead atoms. The van der Waals surface area contributed by atoms with E-state index in [1.165, 1.54) is 25.5 Å². The zero-order valence-electron chi connectivity index (χ0n) is 13.4. The van der Waals surface area contributed by atoms with Crippen molar-refractivity contribution in [3.63, 3.8) is 0 Å². The van der Waals surface area contributed by atoms with Crippen LogP contribution in [0.1, 0.15) is 27.0 Å². The molecule has 1 N–H and O–H groups in total. The summed E-state index contributed by atoms with van der Waals surface area (Å²) in [5, 5.41) is 9.02. The Morgan fingerprint density at radius 2 is 1.65 bits per heavy atom. The third-order valence-electron chi connectivity index (χ3n) is 3.56. The van der Waals surface area contributed by atoms with E-state index in [1.54, 1.807) is 26.0 Å². The predicted octanol–water partition coefficient (Wildman–Crippen LogP) is 2.53. The fourth-order valence-electron chi connectivity index (χ4n) is 2.57. The van der Waals surface area contributed by atoms with E-state index in [2.05, 4.69) is 4.98 Å². The van der Waals surface area contributed by atoms with E-state index in [1.807, 2.05) is 6.92 Å². The van der Waals surface area contributed by atoms with Crippen molar-refractivity contribution in [2.24, 2.45) is 0 Å². The van der Waals surface area contributed by atoms with Gasteiger partial charge in [0.15, 0.2) is 0 Å². The molecule has 0 atom stereocenters. The minimum Gasteiger partial charge on any atom is -0.478 e. The Kier molecular flexibility index (Phi) is 4.42. The first kappa shape index (κ1) is 17.0. The standard InChI is InChI=1S/C16H18N2O4S/c1-10-5-11(2)15(12(3)6-10)23(21,22)18(4)14-7-13(16(19)20)8-17-9-14/h5-9H,1-4H3,(H,19,20). The topological polar surface area (TPSA) is 87.6 Å². The van der Waals surface area contributed by atoms with E-state index in [0.29, 0.717) is 11.1 Å². The van der Waals surface area contributed by atoms with Gasteiger partial charge in [0.1, 0.15) is 0 Å². The molecule has 122 valence electrons. The highest BCUT2D eigenvalue weighted by Crippen LogP contribution is 2.27. The van der Waals surface area contributed by atoms with Crippen molar-refractivity contribution >= 4 is 21.7 Å². The summed E-state index contributed by atoms with van der Waals surface area (Å²) in [5.41, 5.74) is 2.41. The number of benzene rings is 1. The Bertz CT molecular complexity index is 852. The molecule has 0 spiro atoms. The van der Waals surface area contributed by atoms with Gasteiger partial charge in [0.2, 0.25) is 0 Å². The molecule has 7 heteroatoms. The number of anilines is 1. The van der Waals surface area contributed by atoms with Crippen molar-refractivity contribution in [2.45, 2.75) is 25.7 Å². The lowest BCUT2D eigenvalue weighted by molar-refractivity contribution is 0.0696. The largest absolute Gasteiger partial charge is 0.478 e. The first-order valence-corrected chi connectivity index (χ1v) is 8.33. The monoisotopic (exact) mass is 334 g/mol. The van der Waals surface area contributed by atoms with Crippen molar-refractivity contribution in [3.8, 4) is 0 Å². The molecule has 23 heavy (non-hydrogen) atoms. The van der Waals surface area contributed by atoms with E-state index in [0.717, 1.165) is 9.87 Å². The van der Waals surface area contributed by atoms with Gasteiger partial charge in [-0.25, -0.2) is 13.2 Å². The summed E-state index contributed by atoms with van der Waals surface area (Å²) in [7, 11) is -2.43. The van der Waals surface area contributed by atoms with Gasteiger partial charge in [-0.05, 0) is 38.0 Å². The third-order valence-corrected chi connectivity index (χ3v) is 5.65. The molecule has 2 aromatic rings. The van der Waals surface area contributed by atoms with E-state index in [9.17, 15) is 13.2 Å². The highest BCUT2D eigenvalue weighted by molar-refractivity contribution is 7.92. The summed E-state index contributed by atoms with van der Waals surface area (Å²) in [6.07, 6.45) is 2.50. The lowest BCUT2D eigenvalue weighted by Crippen LogP contribution is -2.28. The first-order chi connectivity index (χ1) is 10.6. The molecular formula is C16H18N2O4S. The van der Waals surface area contributed by atoms with Crippen molar-refractivity contribution in [3.05, 3.63) is 52.8 Å². The van der Waals surface area contributed by atoms with Crippen molar-refractivity contribution in [1.82, 2.24) is 4.98 Å². The molecule has 0 aliphatic heterocycles. The number of rotatable bonds is 4. The Morgan fingerprint density at radius 1 is 1.09 bits per heavy atom. The number of carboxylic acids is 1. The summed E-state index contributed by atoms with van der Waals surface area (Å²) < 4.78 is 26.9. The summed E-state index contributed by atoms with van der Waals surface area (Å²) >= 11 is 0. The quantitative estimate of drug-likeness (QED) is 0.928. The number of carboxylic acid groups (broad SMARTS) is 1. The second-order valence-electron chi connectivity index (χ2n) is 5.44. The number of aryl methyl sites for hydroxylation is 3. The summed E-state index contributed by atoms with van der Waals surface area (Å²) in [5.74, 6) is -1.16. The van der Waals surface area contributed by atoms with E-state index < -0.39 is 16.0 Å². The second-order valence-corrected chi connectivity index (χ2v) is 7.34. The zero-order chi connectivity index (χ0) is 17.4. The van der Waals surface area contributed by atoms with Crippen molar-refractivity contribution < 1.29 is 18.3 Å². The molecule has 1 aromatic heterocycles. The van der Waals surface area contributed by atoms with Crippen LogP contribution in [0.2, 0.25) is 0 Å². The van der Waals surface area contributed by atoms with Crippen molar-refractivity contribution in [2.75, 3.05) is 11.4 Å². The summed E-state index contributed by atoms with van der Waals surface area (Å²) in [4.78, 5) is 15.1. The van der Waals surface area contributed by atoms with Crippen LogP contribution in [0.5, 0.6) is 0 Å². The lowest BCUT2D eigenvalue weighted by Gasteiger charge is -2.22. The van der Waals surface area contributed by atoms with Crippen LogP contribution in [0.25, 0.3) is 0 Å². The van der Waals surface area contributed by atoms with Crippen LogP contribution in [-0.2, 0) is 10.0 Å². The zero-order valence-corrected chi connectivity index (χ0v) is 14.2. The van der Waals surface area contributed by atoms with Gasteiger partial charge >= 0.3 is 5.97 Å². The van der Waals surface area contributed by atoms with Crippen LogP contribution in [0, 0.1) is 20.8 Å². The molecule has 6 nitrogen and oxygen atoms in total. The molecular weight excluding hydrogens is 316 g/mol. The van der Waals surface area contributed by atoms with Gasteiger partial charge in [-0.15, -0.1) is 0 Å². The second kappa shape index (κ2) is 6.00. The maximum atomic E-state index is 12.9. The molecule has 0 saturated carbocycles. The predicted molar refractivity (Wildman–Crippen MR) is 87.4 cm³/mol. The number of nitrogens with zero attached hydrogens (tertiary/aromatic N) is 2. The van der Waals surface area contributed by atoms with Gasteiger partial charge in [0, 0.05) is 13.2 Å². The number of sulfonamides is 1. The lowest BCUT2D eigenvalue weighted by atomic mass is 10.1. The van der Waals surface area contributed by atoms with Crippen LogP contribution in [0.15, 0.2) is 35.5 Å². The van der Waals surface area contributed by atoms with Crippen LogP contribution in [0.3, 0.4) is 0 Å². The number of aromatic carboxylic acids is 1. The van der Waals surface area contributed by atoms with Crippen LogP contribution in [-0.4, -0.2) is 31.5 Å². The number of aromatic nitrogens is 1. The van der Waals surface area contributed by atoms with E-state index in [-0.39, 0.29) is 16.1 Å². The molecule has 0 radical (unpaired) electrons. The van der Waals surface area contributed by atoms with E-state index in [4.69, 9.17) is 5.11 Å². The normalized spacial score (nSPS) is 11.3. The average molecular weight is 334 g/mol. The van der Waals surface area contributed by atoms with Gasteiger partial charge in [0.25, 0.3) is 10.0 Å². The minimum atomic E-state index is -3.81. The number of hydrogen-bond donors (Lipinski definition) is 1. The van der Waals surface area contributed by atoms with Gasteiger partial charge in [0.05, 0.1) is 22.3 Å². The molecule has 0 aliphatic carbocycles. The SMILES string of the molecule is Cc1cc(C)c(S(=O)(=O)N(C)c2cncc(C(=O)O)c2)c(C)c1. The molecule has 0 amide bonds. The highest BCUT2D eigenvalue weighted by Gasteiger charge is 2.26. The maximum Gasteiger partial charge on any atom is 0.337 e. The Morgan fingerprint density at radius 3 is 2.17 bits per heavy atom. The highest BCUT2D eigenvalue weighted by atomic mass is 32.2. The van der Waals surface area contributed by atoms with E-state index >= 15 is 0 Å². The summed E-state index contributed by atoms with van der Waals surface area (Å²) in [6, 6.07) is 4.89. The third kappa shape index (κ3) is 3.19.